The van der Waals surface area contributed by atoms with E-state index in [4.69, 9.17) is 18.9 Å². The molecule has 1 aromatic heterocycles. The number of para-hydroxylation sites is 2. The van der Waals surface area contributed by atoms with Gasteiger partial charge in [0.2, 0.25) is 23.8 Å². The predicted molar refractivity (Wildman–Crippen MR) is 117 cm³/mol. The summed E-state index contributed by atoms with van der Waals surface area (Å²) in [6.45, 7) is 1.43. The van der Waals surface area contributed by atoms with Crippen LogP contribution >= 0.6 is 11.8 Å². The number of aromatic nitrogens is 2. The van der Waals surface area contributed by atoms with Crippen molar-refractivity contribution in [1.82, 2.24) is 15.0 Å². The van der Waals surface area contributed by atoms with Crippen molar-refractivity contribution in [3.05, 3.63) is 42.0 Å². The van der Waals surface area contributed by atoms with Crippen LogP contribution in [0.2, 0.25) is 0 Å². The van der Waals surface area contributed by atoms with Gasteiger partial charge in [-0.15, -0.1) is 5.10 Å². The third kappa shape index (κ3) is 3.98. The number of hydrogen-bond donors (Lipinski definition) is 1. The number of imidazole rings is 1. The van der Waals surface area contributed by atoms with E-state index in [1.807, 2.05) is 24.3 Å². The van der Waals surface area contributed by atoms with E-state index in [9.17, 15) is 4.79 Å². The van der Waals surface area contributed by atoms with Crippen LogP contribution in [0.25, 0.3) is 11.0 Å². The number of fused-ring (bicyclic) bond motifs is 1. The van der Waals surface area contributed by atoms with E-state index < -0.39 is 6.23 Å². The second kappa shape index (κ2) is 8.76. The van der Waals surface area contributed by atoms with Crippen LogP contribution in [0, 0.1) is 0 Å². The Kier molecular flexibility index (Phi) is 5.90. The number of nitrogens with zero attached hydrogens (tertiary/aromatic N) is 3. The van der Waals surface area contributed by atoms with Gasteiger partial charge in [0.25, 0.3) is 0 Å². The predicted octanol–water partition coefficient (Wildman–Crippen LogP) is 3.57. The van der Waals surface area contributed by atoms with Crippen LogP contribution in [0.15, 0.2) is 46.7 Å². The van der Waals surface area contributed by atoms with E-state index in [1.165, 1.54) is 37.9 Å². The molecule has 4 rings (SSSR count). The number of rotatable bonds is 7. The highest BCUT2D eigenvalue weighted by molar-refractivity contribution is 7.99. The minimum Gasteiger partial charge on any atom is -0.493 e. The minimum absolute atomic E-state index is 0.259. The van der Waals surface area contributed by atoms with Crippen molar-refractivity contribution in [3.8, 4) is 17.2 Å². The van der Waals surface area contributed by atoms with Gasteiger partial charge >= 0.3 is 0 Å². The van der Waals surface area contributed by atoms with Gasteiger partial charge in [0.05, 0.1) is 43.7 Å². The largest absolute Gasteiger partial charge is 0.493 e. The van der Waals surface area contributed by atoms with Crippen LogP contribution in [-0.4, -0.2) is 53.9 Å². The first-order chi connectivity index (χ1) is 15.0. The summed E-state index contributed by atoms with van der Waals surface area (Å²) >= 11 is 1.44. The molecule has 0 saturated carbocycles. The molecule has 1 aliphatic rings. The van der Waals surface area contributed by atoms with Crippen LogP contribution in [0.1, 0.15) is 18.7 Å². The minimum atomic E-state index is -0.779. The van der Waals surface area contributed by atoms with E-state index in [1.54, 1.807) is 19.2 Å². The third-order valence-electron chi connectivity index (χ3n) is 4.71. The molecule has 3 aromatic rings. The first-order valence-corrected chi connectivity index (χ1v) is 10.4. The molecule has 1 aliphatic heterocycles. The van der Waals surface area contributed by atoms with Crippen LogP contribution in [0.4, 0.5) is 0 Å². The quantitative estimate of drug-likeness (QED) is 0.559. The summed E-state index contributed by atoms with van der Waals surface area (Å²) in [5, 5.41) is 6.41. The van der Waals surface area contributed by atoms with Gasteiger partial charge in [-0.1, -0.05) is 23.9 Å². The first-order valence-electron chi connectivity index (χ1n) is 9.46. The molecule has 0 radical (unpaired) electrons. The van der Waals surface area contributed by atoms with Crippen LogP contribution in [0.5, 0.6) is 17.2 Å². The number of carbonyl (C=O) groups is 1. The maximum atomic E-state index is 12.3. The average molecular weight is 442 g/mol. The number of aromatic amines is 1. The molecule has 2 aromatic carbocycles. The zero-order chi connectivity index (χ0) is 22.0. The molecule has 0 bridgehead atoms. The van der Waals surface area contributed by atoms with Crippen LogP contribution in [0.3, 0.4) is 0 Å². The van der Waals surface area contributed by atoms with Crippen molar-refractivity contribution in [2.45, 2.75) is 18.3 Å². The fourth-order valence-corrected chi connectivity index (χ4v) is 4.05. The molecule has 0 unspecified atom stereocenters. The molecule has 9 nitrogen and oxygen atoms in total. The third-order valence-corrected chi connectivity index (χ3v) is 5.57. The Morgan fingerprint density at radius 1 is 1.13 bits per heavy atom. The summed E-state index contributed by atoms with van der Waals surface area (Å²) in [5.74, 6) is 1.89. The summed E-state index contributed by atoms with van der Waals surface area (Å²) in [5.41, 5.74) is 2.44. The summed E-state index contributed by atoms with van der Waals surface area (Å²) in [7, 11) is 4.59. The number of methoxy groups -OCH3 is 3. The van der Waals surface area contributed by atoms with E-state index in [0.29, 0.717) is 34.5 Å². The van der Waals surface area contributed by atoms with Crippen molar-refractivity contribution >= 4 is 34.6 Å². The molecule has 0 saturated heterocycles. The fraction of sp³-hybridized carbons (Fsp3) is 0.286. The van der Waals surface area contributed by atoms with Crippen molar-refractivity contribution in [1.29, 1.82) is 0 Å². The Labute approximate surface area is 183 Å². The Morgan fingerprint density at radius 2 is 1.90 bits per heavy atom. The van der Waals surface area contributed by atoms with Gasteiger partial charge in [0.1, 0.15) is 0 Å². The molecule has 1 atom stereocenters. The summed E-state index contributed by atoms with van der Waals surface area (Å²) in [6, 6.07) is 11.3. The topological polar surface area (TPSA) is 98.3 Å². The lowest BCUT2D eigenvalue weighted by Gasteiger charge is -2.23. The highest BCUT2D eigenvalue weighted by atomic mass is 32.2. The van der Waals surface area contributed by atoms with Crippen molar-refractivity contribution in [2.24, 2.45) is 5.10 Å². The smallest absolute Gasteiger partial charge is 0.243 e. The van der Waals surface area contributed by atoms with Crippen molar-refractivity contribution in [2.75, 3.05) is 27.1 Å². The lowest BCUT2D eigenvalue weighted by Crippen LogP contribution is -2.25. The monoisotopic (exact) mass is 442 g/mol. The molecule has 0 aliphatic carbocycles. The number of H-pyrrole nitrogens is 1. The van der Waals surface area contributed by atoms with E-state index in [2.05, 4.69) is 15.1 Å². The number of benzene rings is 2. The first kappa shape index (κ1) is 20.9. The molecule has 31 heavy (non-hydrogen) atoms. The second-order valence-corrected chi connectivity index (χ2v) is 7.56. The van der Waals surface area contributed by atoms with Gasteiger partial charge in [-0.3, -0.25) is 4.79 Å². The Bertz CT molecular complexity index is 1110. The molecule has 0 spiro atoms. The van der Waals surface area contributed by atoms with E-state index >= 15 is 0 Å². The SMILES string of the molecule is COc1ccc([C@@H]2OC(CSc3nc4ccccc4[nH]3)=NN2C(C)=O)c(OC)c1OC. The molecule has 0 fully saturated rings. The number of nitrogens with one attached hydrogen (secondary N) is 1. The number of carbonyl (C=O) groups excluding carboxylic acids is 1. The molecule has 1 N–H and O–H groups in total. The second-order valence-electron chi connectivity index (χ2n) is 6.60. The lowest BCUT2D eigenvalue weighted by atomic mass is 10.1. The van der Waals surface area contributed by atoms with E-state index in [0.717, 1.165) is 16.2 Å². The van der Waals surface area contributed by atoms with Gasteiger partial charge in [-0.2, -0.15) is 5.01 Å². The zero-order valence-corrected chi connectivity index (χ0v) is 18.4. The highest BCUT2D eigenvalue weighted by Crippen LogP contribution is 2.45. The summed E-state index contributed by atoms with van der Waals surface area (Å²) in [6.07, 6.45) is -0.779. The van der Waals surface area contributed by atoms with Crippen molar-refractivity contribution < 1.29 is 23.7 Å². The molecule has 162 valence electrons. The molecular weight excluding hydrogens is 420 g/mol. The van der Waals surface area contributed by atoms with Crippen LogP contribution in [-0.2, 0) is 9.53 Å². The molecular formula is C21H22N4O5S. The maximum Gasteiger partial charge on any atom is 0.243 e. The Hall–Kier alpha value is -3.40. The summed E-state index contributed by atoms with van der Waals surface area (Å²) in [4.78, 5) is 20.1. The van der Waals surface area contributed by atoms with Crippen molar-refractivity contribution in [3.63, 3.8) is 0 Å². The Morgan fingerprint density at radius 3 is 2.58 bits per heavy atom. The van der Waals surface area contributed by atoms with Gasteiger partial charge < -0.3 is 23.9 Å². The normalized spacial score (nSPS) is 15.5. The molecule has 2 heterocycles. The number of hydrazone groups is 1. The van der Waals surface area contributed by atoms with Gasteiger partial charge in [-0.05, 0) is 24.3 Å². The number of hydrogen-bond acceptors (Lipinski definition) is 8. The average Bonchev–Trinajstić information content (AvgIpc) is 3.40. The lowest BCUT2D eigenvalue weighted by molar-refractivity contribution is -0.135. The standard InChI is InChI=1S/C21H22N4O5S/c1-12(26)25-20(13-9-10-16(27-2)19(29-4)18(13)28-3)30-17(24-25)11-31-21-22-14-7-5-6-8-15(14)23-21/h5-10,20H,11H2,1-4H3,(H,22,23)/t20-/m0/s1. The number of thioether (sulfide) groups is 1. The maximum absolute atomic E-state index is 12.3. The summed E-state index contributed by atoms with van der Waals surface area (Å²) < 4.78 is 22.4. The van der Waals surface area contributed by atoms with Gasteiger partial charge in [0.15, 0.2) is 16.7 Å². The number of ether oxygens (including phenoxy) is 4. The van der Waals surface area contributed by atoms with Gasteiger partial charge in [0, 0.05) is 6.92 Å². The van der Waals surface area contributed by atoms with Gasteiger partial charge in [-0.25, -0.2) is 4.98 Å². The molecule has 1 amide bonds. The van der Waals surface area contributed by atoms with E-state index in [-0.39, 0.29) is 5.91 Å². The molecule has 10 heteroatoms. The fourth-order valence-electron chi connectivity index (χ4n) is 3.32. The van der Waals surface area contributed by atoms with Crippen LogP contribution < -0.4 is 14.2 Å². The Balaban J connectivity index is 1.57. The number of amides is 1. The zero-order valence-electron chi connectivity index (χ0n) is 17.5. The highest BCUT2D eigenvalue weighted by Gasteiger charge is 2.36.